The summed E-state index contributed by atoms with van der Waals surface area (Å²) in [6, 6.07) is 9.98. The Labute approximate surface area is 145 Å². The average Bonchev–Trinajstić information content (AvgIpc) is 2.55. The summed E-state index contributed by atoms with van der Waals surface area (Å²) in [6.45, 7) is -0.585. The van der Waals surface area contributed by atoms with Crippen molar-refractivity contribution in [1.82, 2.24) is 5.32 Å². The van der Waals surface area contributed by atoms with Gasteiger partial charge in [0.15, 0.2) is 18.2 Å². The number of ether oxygens (including phenoxy) is 1. The molecule has 0 aliphatic heterocycles. The van der Waals surface area contributed by atoms with E-state index in [2.05, 4.69) is 26.6 Å². The third-order valence-corrected chi connectivity index (χ3v) is 3.50. The van der Waals surface area contributed by atoms with Crippen LogP contribution in [0.15, 0.2) is 46.9 Å². The van der Waals surface area contributed by atoms with Crippen LogP contribution in [0.2, 0.25) is 0 Å². The molecule has 2 aromatic carbocycles. The molecular weight excluding hydrogens is 386 g/mol. The lowest BCUT2D eigenvalue weighted by Gasteiger charge is -2.09. The van der Waals surface area contributed by atoms with Gasteiger partial charge in [-0.05, 0) is 40.2 Å². The maximum atomic E-state index is 13.0. The van der Waals surface area contributed by atoms with Gasteiger partial charge in [-0.25, -0.2) is 8.78 Å². The number of para-hydroxylation sites is 1. The molecule has 0 saturated carbocycles. The Morgan fingerprint density at radius 2 is 1.79 bits per heavy atom. The van der Waals surface area contributed by atoms with Crippen molar-refractivity contribution in [2.45, 2.75) is 0 Å². The molecule has 0 saturated heterocycles. The van der Waals surface area contributed by atoms with E-state index in [0.717, 1.165) is 12.1 Å². The fraction of sp³-hybridized carbons (Fsp3) is 0.125. The Morgan fingerprint density at radius 1 is 1.04 bits per heavy atom. The van der Waals surface area contributed by atoms with Crippen LogP contribution in [0.5, 0.6) is 5.75 Å². The van der Waals surface area contributed by atoms with Crippen LogP contribution in [0.1, 0.15) is 0 Å². The fourth-order valence-corrected chi connectivity index (χ4v) is 2.11. The zero-order chi connectivity index (χ0) is 17.5. The topological polar surface area (TPSA) is 67.4 Å². The fourth-order valence-electron chi connectivity index (χ4n) is 1.71. The molecule has 2 aromatic rings. The minimum Gasteiger partial charge on any atom is -0.483 e. The lowest BCUT2D eigenvalue weighted by Crippen LogP contribution is -2.35. The molecule has 0 fully saturated rings. The molecule has 8 heteroatoms. The molecule has 0 heterocycles. The van der Waals surface area contributed by atoms with Gasteiger partial charge < -0.3 is 15.4 Å². The molecule has 126 valence electrons. The highest BCUT2D eigenvalue weighted by atomic mass is 79.9. The number of anilines is 1. The standard InChI is InChI=1S/C16H13BrF2N2O3/c17-11-3-1-2-4-14(11)24-9-16(23)20-8-15(22)21-10-5-6-12(18)13(19)7-10/h1-7H,8-9H2,(H,20,23)(H,21,22). The number of nitrogens with one attached hydrogen (secondary N) is 2. The third kappa shape index (κ3) is 5.31. The zero-order valence-electron chi connectivity index (χ0n) is 12.3. The van der Waals surface area contributed by atoms with Crippen molar-refractivity contribution in [3.8, 4) is 5.75 Å². The van der Waals surface area contributed by atoms with Gasteiger partial charge in [0.05, 0.1) is 11.0 Å². The van der Waals surface area contributed by atoms with Gasteiger partial charge in [-0.15, -0.1) is 0 Å². The van der Waals surface area contributed by atoms with Gasteiger partial charge in [0.1, 0.15) is 5.75 Å². The van der Waals surface area contributed by atoms with Gasteiger partial charge in [0.25, 0.3) is 5.91 Å². The van der Waals surface area contributed by atoms with Crippen molar-refractivity contribution in [3.05, 3.63) is 58.6 Å². The van der Waals surface area contributed by atoms with Crippen LogP contribution < -0.4 is 15.4 Å². The summed E-state index contributed by atoms with van der Waals surface area (Å²) in [7, 11) is 0. The molecule has 0 aromatic heterocycles. The molecular formula is C16H13BrF2N2O3. The van der Waals surface area contributed by atoms with Crippen LogP contribution >= 0.6 is 15.9 Å². The number of halogens is 3. The van der Waals surface area contributed by atoms with E-state index < -0.39 is 23.4 Å². The Kier molecular flexibility index (Phi) is 6.25. The molecule has 0 spiro atoms. The second-order valence-electron chi connectivity index (χ2n) is 4.67. The summed E-state index contributed by atoms with van der Waals surface area (Å²) < 4.78 is 31.8. The number of rotatable bonds is 6. The smallest absolute Gasteiger partial charge is 0.258 e. The molecule has 24 heavy (non-hydrogen) atoms. The first-order valence-electron chi connectivity index (χ1n) is 6.84. The summed E-state index contributed by atoms with van der Waals surface area (Å²) in [4.78, 5) is 23.3. The molecule has 0 aliphatic rings. The Hall–Kier alpha value is -2.48. The molecule has 2 N–H and O–H groups in total. The number of carbonyl (C=O) groups excluding carboxylic acids is 2. The van der Waals surface area contributed by atoms with Gasteiger partial charge in [-0.3, -0.25) is 9.59 Å². The number of hydrogen-bond acceptors (Lipinski definition) is 3. The molecule has 5 nitrogen and oxygen atoms in total. The van der Waals surface area contributed by atoms with Crippen LogP contribution in [0.25, 0.3) is 0 Å². The zero-order valence-corrected chi connectivity index (χ0v) is 13.9. The molecule has 2 rings (SSSR count). The van der Waals surface area contributed by atoms with Crippen LogP contribution in [0.3, 0.4) is 0 Å². The minimum atomic E-state index is -1.07. The summed E-state index contributed by atoms with van der Waals surface area (Å²) in [5.74, 6) is -2.65. The first-order chi connectivity index (χ1) is 11.5. The maximum absolute atomic E-state index is 13.0. The molecule has 0 radical (unpaired) electrons. The van der Waals surface area contributed by atoms with E-state index in [9.17, 15) is 18.4 Å². The first-order valence-corrected chi connectivity index (χ1v) is 7.64. The van der Waals surface area contributed by atoms with Crippen molar-refractivity contribution in [2.24, 2.45) is 0 Å². The lowest BCUT2D eigenvalue weighted by atomic mass is 10.3. The number of hydrogen-bond donors (Lipinski definition) is 2. The highest BCUT2D eigenvalue weighted by molar-refractivity contribution is 9.10. The third-order valence-electron chi connectivity index (χ3n) is 2.84. The predicted octanol–water partition coefficient (Wildman–Crippen LogP) is 2.86. The summed E-state index contributed by atoms with van der Waals surface area (Å²) >= 11 is 3.28. The van der Waals surface area contributed by atoms with E-state index in [1.165, 1.54) is 6.07 Å². The van der Waals surface area contributed by atoms with Gasteiger partial charge in [0.2, 0.25) is 5.91 Å². The van der Waals surface area contributed by atoms with Gasteiger partial charge in [-0.1, -0.05) is 12.1 Å². The van der Waals surface area contributed by atoms with Crippen LogP contribution in [0, 0.1) is 11.6 Å². The van der Waals surface area contributed by atoms with E-state index in [-0.39, 0.29) is 18.8 Å². The number of amides is 2. The van der Waals surface area contributed by atoms with E-state index >= 15 is 0 Å². The minimum absolute atomic E-state index is 0.0950. The van der Waals surface area contributed by atoms with Crippen LogP contribution in [0.4, 0.5) is 14.5 Å². The second-order valence-corrected chi connectivity index (χ2v) is 5.53. The van der Waals surface area contributed by atoms with Gasteiger partial charge in [-0.2, -0.15) is 0 Å². The normalized spacial score (nSPS) is 10.1. The Bertz CT molecular complexity index is 756. The van der Waals surface area contributed by atoms with Crippen molar-refractivity contribution in [3.63, 3.8) is 0 Å². The van der Waals surface area contributed by atoms with Crippen LogP contribution in [-0.2, 0) is 9.59 Å². The lowest BCUT2D eigenvalue weighted by molar-refractivity contribution is -0.125. The molecule has 0 bridgehead atoms. The first kappa shape index (κ1) is 17.9. The Morgan fingerprint density at radius 3 is 2.50 bits per heavy atom. The maximum Gasteiger partial charge on any atom is 0.258 e. The monoisotopic (exact) mass is 398 g/mol. The van der Waals surface area contributed by atoms with Crippen molar-refractivity contribution >= 4 is 33.4 Å². The van der Waals surface area contributed by atoms with E-state index in [1.54, 1.807) is 24.3 Å². The van der Waals surface area contributed by atoms with Crippen molar-refractivity contribution < 1.29 is 23.1 Å². The van der Waals surface area contributed by atoms with Gasteiger partial charge in [0, 0.05) is 11.8 Å². The SMILES string of the molecule is O=C(COc1ccccc1Br)NCC(=O)Nc1ccc(F)c(F)c1. The summed E-state index contributed by atoms with van der Waals surface area (Å²) in [5, 5.41) is 4.70. The van der Waals surface area contributed by atoms with E-state index in [4.69, 9.17) is 4.74 Å². The largest absolute Gasteiger partial charge is 0.483 e. The van der Waals surface area contributed by atoms with Crippen molar-refractivity contribution in [2.75, 3.05) is 18.5 Å². The van der Waals surface area contributed by atoms with Crippen molar-refractivity contribution in [1.29, 1.82) is 0 Å². The number of benzene rings is 2. The molecule has 0 atom stereocenters. The molecule has 0 aliphatic carbocycles. The number of carbonyl (C=O) groups is 2. The predicted molar refractivity (Wildman–Crippen MR) is 87.6 cm³/mol. The quantitative estimate of drug-likeness (QED) is 0.785. The average molecular weight is 399 g/mol. The summed E-state index contributed by atoms with van der Waals surface area (Å²) in [6.07, 6.45) is 0. The molecule has 0 unspecified atom stereocenters. The van der Waals surface area contributed by atoms with E-state index in [0.29, 0.717) is 10.2 Å². The summed E-state index contributed by atoms with van der Waals surface area (Å²) in [5.41, 5.74) is 0.0950. The van der Waals surface area contributed by atoms with Gasteiger partial charge >= 0.3 is 0 Å². The van der Waals surface area contributed by atoms with E-state index in [1.807, 2.05) is 0 Å². The highest BCUT2D eigenvalue weighted by Crippen LogP contribution is 2.23. The van der Waals surface area contributed by atoms with Crippen LogP contribution in [-0.4, -0.2) is 25.0 Å². The highest BCUT2D eigenvalue weighted by Gasteiger charge is 2.09. The molecule has 2 amide bonds. The Balaban J connectivity index is 1.76. The second kappa shape index (κ2) is 8.39.